The van der Waals surface area contributed by atoms with Gasteiger partial charge < -0.3 is 24.6 Å². The minimum absolute atomic E-state index is 0.0753. The molecular weight excluding hydrogens is 412 g/mol. The number of esters is 1. The molecule has 1 heterocycles. The number of carbonyl (C=O) groups is 2. The Bertz CT molecular complexity index is 826. The number of nitrogens with one attached hydrogen (secondary N) is 1. The van der Waals surface area contributed by atoms with Crippen molar-refractivity contribution in [2.24, 2.45) is 10.9 Å². The van der Waals surface area contributed by atoms with Crippen molar-refractivity contribution in [1.29, 1.82) is 0 Å². The summed E-state index contributed by atoms with van der Waals surface area (Å²) >= 11 is 0. The lowest BCUT2D eigenvalue weighted by Gasteiger charge is -2.24. The molecule has 8 nitrogen and oxygen atoms in total. The normalized spacial score (nSPS) is 20.3. The number of benzene rings is 1. The highest BCUT2D eigenvalue weighted by atomic mass is 16.6. The third-order valence-electron chi connectivity index (χ3n) is 5.27. The Morgan fingerprint density at radius 1 is 1.25 bits per heavy atom. The van der Waals surface area contributed by atoms with Crippen LogP contribution in [0, 0.1) is 5.92 Å². The Balaban J connectivity index is 1.71. The van der Waals surface area contributed by atoms with Crippen LogP contribution in [-0.4, -0.2) is 60.4 Å². The SMILES string of the molecule is CC(C)(C)OC(=O)CC[C@]1(C(=O)NCC2CC2)COC(c2ccc(OCCCO)cc2)=N1. The van der Waals surface area contributed by atoms with Crippen LogP contribution in [0.15, 0.2) is 29.3 Å². The van der Waals surface area contributed by atoms with Gasteiger partial charge in [0.1, 0.15) is 18.0 Å². The van der Waals surface area contributed by atoms with Gasteiger partial charge >= 0.3 is 5.97 Å². The number of rotatable bonds is 11. The zero-order valence-electron chi connectivity index (χ0n) is 19.2. The van der Waals surface area contributed by atoms with Crippen LogP contribution in [0.2, 0.25) is 0 Å². The van der Waals surface area contributed by atoms with E-state index in [1.165, 1.54) is 0 Å². The molecule has 1 atom stereocenters. The highest BCUT2D eigenvalue weighted by molar-refractivity contribution is 6.00. The van der Waals surface area contributed by atoms with Crippen molar-refractivity contribution < 1.29 is 28.9 Å². The molecule has 0 saturated heterocycles. The number of carbonyl (C=O) groups excluding carboxylic acids is 2. The van der Waals surface area contributed by atoms with Gasteiger partial charge in [0.15, 0.2) is 5.54 Å². The summed E-state index contributed by atoms with van der Waals surface area (Å²) in [5.41, 5.74) is -1.01. The standard InChI is InChI=1S/C24H34N2O6/c1-23(2,3)32-20(28)11-12-24(22(29)25-15-17-5-6-17)16-31-21(26-24)18-7-9-19(10-8-18)30-14-4-13-27/h7-10,17,27H,4-6,11-16H2,1-3H3,(H,25,29)/t24-/m1/s1. The van der Waals surface area contributed by atoms with Crippen LogP contribution in [0.5, 0.6) is 5.75 Å². The van der Waals surface area contributed by atoms with Gasteiger partial charge in [0.25, 0.3) is 5.91 Å². The summed E-state index contributed by atoms with van der Waals surface area (Å²) in [5, 5.41) is 11.8. The fourth-order valence-corrected chi connectivity index (χ4v) is 3.33. The summed E-state index contributed by atoms with van der Waals surface area (Å²) in [6.45, 7) is 6.66. The molecule has 1 saturated carbocycles. The predicted molar refractivity (Wildman–Crippen MR) is 120 cm³/mol. The average Bonchev–Trinajstić information content (AvgIpc) is 3.47. The molecule has 8 heteroatoms. The van der Waals surface area contributed by atoms with E-state index in [2.05, 4.69) is 10.3 Å². The van der Waals surface area contributed by atoms with Crippen molar-refractivity contribution in [3.05, 3.63) is 29.8 Å². The van der Waals surface area contributed by atoms with Crippen molar-refractivity contribution in [3.8, 4) is 5.75 Å². The first-order valence-electron chi connectivity index (χ1n) is 11.3. The first kappa shape index (κ1) is 24.0. The van der Waals surface area contributed by atoms with E-state index < -0.39 is 11.1 Å². The zero-order valence-corrected chi connectivity index (χ0v) is 19.2. The van der Waals surface area contributed by atoms with E-state index in [1.54, 1.807) is 12.1 Å². The van der Waals surface area contributed by atoms with Crippen molar-refractivity contribution >= 4 is 17.8 Å². The van der Waals surface area contributed by atoms with Crippen molar-refractivity contribution in [3.63, 3.8) is 0 Å². The van der Waals surface area contributed by atoms with Gasteiger partial charge in [0, 0.05) is 31.6 Å². The van der Waals surface area contributed by atoms with Gasteiger partial charge in [0.2, 0.25) is 5.90 Å². The summed E-state index contributed by atoms with van der Waals surface area (Å²) in [7, 11) is 0. The third kappa shape index (κ3) is 6.95. The lowest BCUT2D eigenvalue weighted by Crippen LogP contribution is -2.47. The van der Waals surface area contributed by atoms with E-state index in [0.29, 0.717) is 37.1 Å². The van der Waals surface area contributed by atoms with E-state index in [1.807, 2.05) is 32.9 Å². The van der Waals surface area contributed by atoms with Gasteiger partial charge in [-0.15, -0.1) is 0 Å². The molecule has 0 bridgehead atoms. The molecule has 1 amide bonds. The number of nitrogens with zero attached hydrogens (tertiary/aromatic N) is 1. The number of hydrogen-bond acceptors (Lipinski definition) is 7. The minimum Gasteiger partial charge on any atom is -0.494 e. The maximum Gasteiger partial charge on any atom is 0.306 e. The Labute approximate surface area is 189 Å². The van der Waals surface area contributed by atoms with Gasteiger partial charge in [0.05, 0.1) is 6.61 Å². The smallest absolute Gasteiger partial charge is 0.306 e. The molecule has 3 rings (SSSR count). The number of aliphatic imine (C=N–C) groups is 1. The van der Waals surface area contributed by atoms with Crippen molar-refractivity contribution in [2.75, 3.05) is 26.4 Å². The second-order valence-corrected chi connectivity index (χ2v) is 9.43. The lowest BCUT2D eigenvalue weighted by atomic mass is 9.94. The Hall–Kier alpha value is -2.61. The number of amides is 1. The summed E-state index contributed by atoms with van der Waals surface area (Å²) in [6, 6.07) is 7.23. The summed E-state index contributed by atoms with van der Waals surface area (Å²) in [6.07, 6.45) is 3.11. The van der Waals surface area contributed by atoms with Crippen LogP contribution in [-0.2, 0) is 19.1 Å². The summed E-state index contributed by atoms with van der Waals surface area (Å²) in [5.74, 6) is 1.01. The largest absolute Gasteiger partial charge is 0.494 e. The Morgan fingerprint density at radius 3 is 2.59 bits per heavy atom. The molecule has 2 aliphatic rings. The molecule has 1 aromatic carbocycles. The third-order valence-corrected chi connectivity index (χ3v) is 5.27. The van der Waals surface area contributed by atoms with Crippen LogP contribution < -0.4 is 10.1 Å². The molecule has 0 spiro atoms. The van der Waals surface area contributed by atoms with Crippen LogP contribution >= 0.6 is 0 Å². The maximum absolute atomic E-state index is 13.1. The minimum atomic E-state index is -1.16. The fourth-order valence-electron chi connectivity index (χ4n) is 3.33. The second-order valence-electron chi connectivity index (χ2n) is 9.43. The van der Waals surface area contributed by atoms with Gasteiger partial charge in [-0.05, 0) is 70.2 Å². The van der Waals surface area contributed by atoms with Crippen molar-refractivity contribution in [2.45, 2.75) is 64.0 Å². The first-order chi connectivity index (χ1) is 15.2. The number of aliphatic hydroxyl groups excluding tert-OH is 1. The monoisotopic (exact) mass is 446 g/mol. The van der Waals surface area contributed by atoms with Gasteiger partial charge in [-0.1, -0.05) is 0 Å². The van der Waals surface area contributed by atoms with Crippen LogP contribution in [0.25, 0.3) is 0 Å². The number of aliphatic hydroxyl groups is 1. The molecule has 0 unspecified atom stereocenters. The van der Waals surface area contributed by atoms with E-state index in [-0.39, 0.29) is 37.9 Å². The number of hydrogen-bond donors (Lipinski definition) is 2. The molecule has 1 aromatic rings. The van der Waals surface area contributed by atoms with Gasteiger partial charge in [-0.25, -0.2) is 4.99 Å². The predicted octanol–water partition coefficient (Wildman–Crippen LogP) is 2.61. The van der Waals surface area contributed by atoms with Crippen molar-refractivity contribution in [1.82, 2.24) is 5.32 Å². The van der Waals surface area contributed by atoms with E-state index in [9.17, 15) is 9.59 Å². The topological polar surface area (TPSA) is 106 Å². The highest BCUT2D eigenvalue weighted by Crippen LogP contribution is 2.31. The molecule has 0 aromatic heterocycles. The summed E-state index contributed by atoms with van der Waals surface area (Å²) < 4.78 is 16.8. The fraction of sp³-hybridized carbons (Fsp3) is 0.625. The molecular formula is C24H34N2O6. The Morgan fingerprint density at radius 2 is 1.97 bits per heavy atom. The van der Waals surface area contributed by atoms with Crippen LogP contribution in [0.1, 0.15) is 58.4 Å². The van der Waals surface area contributed by atoms with E-state index in [4.69, 9.17) is 19.3 Å². The molecule has 1 aliphatic carbocycles. The number of ether oxygens (including phenoxy) is 3. The first-order valence-corrected chi connectivity index (χ1v) is 11.3. The Kier molecular flexibility index (Phi) is 7.77. The summed E-state index contributed by atoms with van der Waals surface area (Å²) in [4.78, 5) is 30.0. The quantitative estimate of drug-likeness (QED) is 0.400. The van der Waals surface area contributed by atoms with Crippen LogP contribution in [0.4, 0.5) is 0 Å². The maximum atomic E-state index is 13.1. The van der Waals surface area contributed by atoms with Crippen LogP contribution in [0.3, 0.4) is 0 Å². The zero-order chi connectivity index (χ0) is 23.2. The lowest BCUT2D eigenvalue weighted by molar-refractivity contribution is -0.155. The molecule has 1 aliphatic heterocycles. The van der Waals surface area contributed by atoms with E-state index >= 15 is 0 Å². The van der Waals surface area contributed by atoms with Gasteiger partial charge in [-0.2, -0.15) is 0 Å². The second kappa shape index (κ2) is 10.3. The molecule has 176 valence electrons. The van der Waals surface area contributed by atoms with E-state index in [0.717, 1.165) is 18.4 Å². The molecule has 32 heavy (non-hydrogen) atoms. The highest BCUT2D eigenvalue weighted by Gasteiger charge is 2.45. The molecule has 2 N–H and O–H groups in total. The molecule has 0 radical (unpaired) electrons. The van der Waals surface area contributed by atoms with Gasteiger partial charge in [-0.3, -0.25) is 9.59 Å². The molecule has 1 fully saturated rings. The average molecular weight is 447 g/mol.